The Morgan fingerprint density at radius 2 is 2.04 bits per heavy atom. The number of aryl methyl sites for hydroxylation is 1. The number of carboxylic acids is 1. The largest absolute Gasteiger partial charge is 1.00 e. The predicted octanol–water partition coefficient (Wildman–Crippen LogP) is -3.61. The van der Waals surface area contributed by atoms with Crippen LogP contribution in [0.3, 0.4) is 0 Å². The first-order valence-corrected chi connectivity index (χ1v) is 9.50. The van der Waals surface area contributed by atoms with Crippen molar-refractivity contribution in [2.75, 3.05) is 5.75 Å². The molecule has 1 aromatic heterocycles. The summed E-state index contributed by atoms with van der Waals surface area (Å²) < 4.78 is 1.95. The van der Waals surface area contributed by atoms with Crippen molar-refractivity contribution in [3.8, 4) is 0 Å². The fraction of sp³-hybridized carbons (Fsp3) is 0.421. The van der Waals surface area contributed by atoms with Crippen LogP contribution in [-0.2, 0) is 16.6 Å². The molecule has 0 aliphatic carbocycles. The zero-order chi connectivity index (χ0) is 19.0. The van der Waals surface area contributed by atoms with Crippen molar-refractivity contribution < 1.29 is 53.9 Å². The smallest absolute Gasteiger partial charge is 0.852 e. The second-order valence-electron chi connectivity index (χ2n) is 6.72. The van der Waals surface area contributed by atoms with Gasteiger partial charge in [-0.3, -0.25) is 4.79 Å². The number of aliphatic carboxylic acids is 1. The Morgan fingerprint density at radius 1 is 1.41 bits per heavy atom. The topological polar surface area (TPSA) is 87.4 Å². The van der Waals surface area contributed by atoms with Gasteiger partial charge >= 0.3 is 29.6 Å². The zero-order valence-electron chi connectivity index (χ0n) is 15.9. The van der Waals surface area contributed by atoms with Gasteiger partial charge in [0.25, 0.3) is 0 Å². The van der Waals surface area contributed by atoms with Crippen molar-refractivity contribution in [2.24, 2.45) is 18.9 Å². The van der Waals surface area contributed by atoms with E-state index in [1.807, 2.05) is 49.1 Å². The molecule has 3 rings (SSSR count). The van der Waals surface area contributed by atoms with Crippen LogP contribution in [-0.4, -0.2) is 34.7 Å². The van der Waals surface area contributed by atoms with E-state index in [4.69, 9.17) is 0 Å². The quantitative estimate of drug-likeness (QED) is 0.215. The van der Waals surface area contributed by atoms with Crippen LogP contribution in [0.15, 0.2) is 52.8 Å². The van der Waals surface area contributed by atoms with Crippen LogP contribution in [0.1, 0.15) is 13.8 Å². The Balaban J connectivity index is 0.00000261. The van der Waals surface area contributed by atoms with Gasteiger partial charge in [-0.25, -0.2) is 4.57 Å². The molecular weight excluding hydrogens is 375 g/mol. The minimum absolute atomic E-state index is 0. The second kappa shape index (κ2) is 8.92. The van der Waals surface area contributed by atoms with E-state index in [2.05, 4.69) is 0 Å². The van der Waals surface area contributed by atoms with Gasteiger partial charge in [-0.05, 0) is 5.57 Å². The first-order valence-electron chi connectivity index (χ1n) is 8.52. The zero-order valence-corrected chi connectivity index (χ0v) is 18.7. The summed E-state index contributed by atoms with van der Waals surface area (Å²) in [5.74, 6) is -1.96. The fourth-order valence-electron chi connectivity index (χ4n) is 3.69. The summed E-state index contributed by atoms with van der Waals surface area (Å²) in [5.41, 5.74) is 0.476. The number of allylic oxidation sites excluding steroid dienone is 1. The molecule has 4 atom stereocenters. The number of amides is 1. The number of β-lactam (4-membered cyclic amide) rings is 1. The molecule has 0 N–H and O–H groups in total. The normalized spacial score (nSPS) is 25.3. The third-order valence-electron chi connectivity index (χ3n) is 5.00. The number of carbonyl (C=O) groups is 2. The van der Waals surface area contributed by atoms with Gasteiger partial charge in [0.1, 0.15) is 7.05 Å². The molecule has 0 aromatic carbocycles. The molecule has 1 saturated heterocycles. The molecule has 1 fully saturated rings. The Kier molecular flexibility index (Phi) is 7.33. The number of carboxylic acid groups (broad SMARTS) is 1. The molecule has 0 saturated carbocycles. The molecule has 0 radical (unpaired) electrons. The van der Waals surface area contributed by atoms with Gasteiger partial charge in [-0.1, -0.05) is 26.0 Å². The van der Waals surface area contributed by atoms with Crippen LogP contribution in [0.5, 0.6) is 0 Å². The first-order chi connectivity index (χ1) is 12.3. The van der Waals surface area contributed by atoms with Gasteiger partial charge in [0, 0.05) is 34.6 Å². The number of hydrogen-bond acceptors (Lipinski definition) is 5. The van der Waals surface area contributed by atoms with E-state index >= 15 is 0 Å². The predicted molar refractivity (Wildman–Crippen MR) is 92.3 cm³/mol. The Labute approximate surface area is 185 Å². The Morgan fingerprint density at radius 3 is 2.59 bits per heavy atom. The van der Waals surface area contributed by atoms with Crippen molar-refractivity contribution in [2.45, 2.75) is 30.9 Å². The Bertz CT molecular complexity index is 791. The van der Waals surface area contributed by atoms with E-state index in [1.165, 1.54) is 11.8 Å². The number of thioether (sulfide) groups is 1. The number of fused-ring (bicyclic) bond motifs is 1. The van der Waals surface area contributed by atoms with Crippen molar-refractivity contribution in [3.05, 3.63) is 47.9 Å². The molecule has 0 unspecified atom stereocenters. The van der Waals surface area contributed by atoms with Crippen LogP contribution in [0.25, 0.3) is 0 Å². The monoisotopic (exact) mass is 396 g/mol. The molecule has 0 spiro atoms. The van der Waals surface area contributed by atoms with Crippen molar-refractivity contribution >= 4 is 23.6 Å². The summed E-state index contributed by atoms with van der Waals surface area (Å²) in [5, 5.41) is 23.4. The summed E-state index contributed by atoms with van der Waals surface area (Å²) in [6.45, 7) is 3.31. The first kappa shape index (κ1) is 22.2. The molecular formula is C19H21N2NaO4S. The van der Waals surface area contributed by atoms with E-state index in [1.54, 1.807) is 17.8 Å². The molecule has 138 valence electrons. The Hall–Kier alpha value is -1.12. The van der Waals surface area contributed by atoms with Crippen molar-refractivity contribution in [1.82, 2.24) is 4.90 Å². The van der Waals surface area contributed by atoms with Gasteiger partial charge in [0.15, 0.2) is 12.4 Å². The van der Waals surface area contributed by atoms with Crippen LogP contribution in [0.4, 0.5) is 0 Å². The minimum atomic E-state index is -1.37. The number of carbonyl (C=O) groups excluding carboxylic acids is 2. The molecule has 3 heterocycles. The van der Waals surface area contributed by atoms with Crippen LogP contribution >= 0.6 is 11.8 Å². The van der Waals surface area contributed by atoms with E-state index in [-0.39, 0.29) is 47.2 Å². The second-order valence-corrected chi connectivity index (χ2v) is 7.82. The van der Waals surface area contributed by atoms with Crippen molar-refractivity contribution in [1.29, 1.82) is 0 Å². The number of nitrogens with zero attached hydrogens (tertiary/aromatic N) is 2. The SMILES string of the molecule is C[C@@H]([O-])[C@H]1C(=O)N2C(C(=O)[O-])=C(/C=C/CSc3cc[n+](C)cc3)[C@H](C)[C@H]12.[Na+]. The van der Waals surface area contributed by atoms with E-state index in [0.29, 0.717) is 11.3 Å². The third kappa shape index (κ3) is 4.17. The summed E-state index contributed by atoms with van der Waals surface area (Å²) in [4.78, 5) is 26.1. The maximum atomic E-state index is 12.2. The number of pyridine rings is 1. The average Bonchev–Trinajstić information content (AvgIpc) is 2.82. The summed E-state index contributed by atoms with van der Waals surface area (Å²) in [6.07, 6.45) is 6.51. The molecule has 8 heteroatoms. The minimum Gasteiger partial charge on any atom is -0.852 e. The summed E-state index contributed by atoms with van der Waals surface area (Å²) in [7, 11) is 1.95. The molecule has 1 amide bonds. The van der Waals surface area contributed by atoms with Gasteiger partial charge in [0.05, 0.1) is 17.7 Å². The number of rotatable bonds is 6. The molecule has 6 nitrogen and oxygen atoms in total. The molecule has 27 heavy (non-hydrogen) atoms. The van der Waals surface area contributed by atoms with Gasteiger partial charge < -0.3 is 19.9 Å². The van der Waals surface area contributed by atoms with Crippen LogP contribution < -0.4 is 44.3 Å². The number of aromatic nitrogens is 1. The van der Waals surface area contributed by atoms with E-state index in [9.17, 15) is 19.8 Å². The van der Waals surface area contributed by atoms with Crippen LogP contribution in [0.2, 0.25) is 0 Å². The standard InChI is InChI=1S/C19H22N2O4S.Na/c1-11-14(5-4-10-26-13-6-8-20(3)9-7-13)17(19(24)25)21-16(11)15(12(2)22)18(21)23;/h4-9,11-12,15-16H,10H2,1-3H3,(H,24,25);/q;+1/p-1/b5-4+;/t11-,12+,15+,16+;/m0./s1. The molecule has 1 aromatic rings. The molecule has 0 bridgehead atoms. The van der Waals surface area contributed by atoms with Gasteiger partial charge in [0.2, 0.25) is 5.91 Å². The number of hydrogen-bond donors (Lipinski definition) is 0. The summed E-state index contributed by atoms with van der Waals surface area (Å²) in [6, 6.07) is 3.64. The van der Waals surface area contributed by atoms with E-state index in [0.717, 1.165) is 4.90 Å². The fourth-order valence-corrected chi connectivity index (χ4v) is 4.39. The maximum absolute atomic E-state index is 12.2. The van der Waals surface area contributed by atoms with Crippen molar-refractivity contribution in [3.63, 3.8) is 0 Å². The van der Waals surface area contributed by atoms with Gasteiger partial charge in [-0.2, -0.15) is 0 Å². The molecule has 2 aliphatic rings. The van der Waals surface area contributed by atoms with Crippen LogP contribution in [0, 0.1) is 11.8 Å². The summed E-state index contributed by atoms with van der Waals surface area (Å²) >= 11 is 1.63. The average molecular weight is 396 g/mol. The molecule has 2 aliphatic heterocycles. The third-order valence-corrected chi connectivity index (χ3v) is 5.96. The van der Waals surface area contributed by atoms with Gasteiger partial charge in [-0.15, -0.1) is 17.9 Å². The maximum Gasteiger partial charge on any atom is 1.00 e. The van der Waals surface area contributed by atoms with E-state index < -0.39 is 23.9 Å².